The fourth-order valence-electron chi connectivity index (χ4n) is 3.16. The van der Waals surface area contributed by atoms with Gasteiger partial charge in [0, 0.05) is 25.7 Å². The van der Waals surface area contributed by atoms with Crippen LogP contribution >= 0.6 is 12.4 Å². The summed E-state index contributed by atoms with van der Waals surface area (Å²) >= 11 is 0. The Kier molecular flexibility index (Phi) is 7.93. The molecule has 2 aromatic carbocycles. The normalized spacial score (nSPS) is 16.2. The van der Waals surface area contributed by atoms with E-state index in [1.807, 2.05) is 18.2 Å². The Labute approximate surface area is 174 Å². The molecule has 1 fully saturated rings. The maximum absolute atomic E-state index is 12.5. The summed E-state index contributed by atoms with van der Waals surface area (Å²) in [5.41, 5.74) is 1.21. The van der Waals surface area contributed by atoms with Crippen LogP contribution in [0.5, 0.6) is 5.75 Å². The minimum Gasteiger partial charge on any atom is -0.406 e. The average molecular weight is 451 g/mol. The SMILES string of the molecule is Cl.O=S(=O)(NC1CCN(Cc2ccccc2)CC1)c1ccc(OC(F)(F)F)cc1. The lowest BCUT2D eigenvalue weighted by Gasteiger charge is -2.32. The molecule has 1 N–H and O–H groups in total. The van der Waals surface area contributed by atoms with Crippen molar-refractivity contribution in [1.82, 2.24) is 9.62 Å². The minimum atomic E-state index is -4.81. The second kappa shape index (κ2) is 9.80. The number of hydrogen-bond donors (Lipinski definition) is 1. The number of likely N-dealkylation sites (tertiary alicyclic amines) is 1. The van der Waals surface area contributed by atoms with E-state index in [2.05, 4.69) is 26.5 Å². The molecule has 2 aromatic rings. The van der Waals surface area contributed by atoms with Crippen molar-refractivity contribution < 1.29 is 26.3 Å². The van der Waals surface area contributed by atoms with Crippen molar-refractivity contribution in [2.75, 3.05) is 13.1 Å². The summed E-state index contributed by atoms with van der Waals surface area (Å²) in [6.45, 7) is 2.35. The Bertz CT molecular complexity index is 870. The van der Waals surface area contributed by atoms with Crippen molar-refractivity contribution in [2.24, 2.45) is 0 Å². The Hall–Kier alpha value is -1.81. The van der Waals surface area contributed by atoms with Gasteiger partial charge in [0.1, 0.15) is 5.75 Å². The van der Waals surface area contributed by atoms with Crippen LogP contribution in [0.15, 0.2) is 59.5 Å². The van der Waals surface area contributed by atoms with Crippen molar-refractivity contribution in [2.45, 2.75) is 36.7 Å². The highest BCUT2D eigenvalue weighted by molar-refractivity contribution is 7.89. The number of alkyl halides is 3. The van der Waals surface area contributed by atoms with E-state index in [1.54, 1.807) is 0 Å². The highest BCUT2D eigenvalue weighted by atomic mass is 35.5. The molecule has 0 radical (unpaired) electrons. The second-order valence-electron chi connectivity index (χ2n) is 6.68. The van der Waals surface area contributed by atoms with E-state index < -0.39 is 22.1 Å². The fourth-order valence-corrected chi connectivity index (χ4v) is 4.46. The number of nitrogens with one attached hydrogen (secondary N) is 1. The van der Waals surface area contributed by atoms with Crippen molar-refractivity contribution in [3.05, 3.63) is 60.2 Å². The number of hydrogen-bond acceptors (Lipinski definition) is 4. The van der Waals surface area contributed by atoms with Gasteiger partial charge in [0.25, 0.3) is 0 Å². The van der Waals surface area contributed by atoms with E-state index in [1.165, 1.54) is 5.56 Å². The number of halogens is 4. The maximum Gasteiger partial charge on any atom is 0.573 e. The van der Waals surface area contributed by atoms with Crippen LogP contribution in [0.3, 0.4) is 0 Å². The number of sulfonamides is 1. The van der Waals surface area contributed by atoms with E-state index in [0.29, 0.717) is 12.8 Å². The van der Waals surface area contributed by atoms with Gasteiger partial charge in [-0.25, -0.2) is 13.1 Å². The zero-order chi connectivity index (χ0) is 20.2. The van der Waals surface area contributed by atoms with Crippen molar-refractivity contribution in [3.63, 3.8) is 0 Å². The quantitative estimate of drug-likeness (QED) is 0.724. The zero-order valence-corrected chi connectivity index (χ0v) is 17.1. The first-order chi connectivity index (χ1) is 13.2. The standard InChI is InChI=1S/C19H21F3N2O3S.ClH/c20-19(21,22)27-17-6-8-18(9-7-17)28(25,26)23-16-10-12-24(13-11-16)14-15-4-2-1-3-5-15;/h1-9,16,23H,10-14H2;1H. The first-order valence-corrected chi connectivity index (χ1v) is 10.3. The molecule has 3 rings (SSSR count). The van der Waals surface area contributed by atoms with Gasteiger partial charge in [-0.1, -0.05) is 30.3 Å². The van der Waals surface area contributed by atoms with Gasteiger partial charge in [0.15, 0.2) is 0 Å². The molecule has 1 saturated heterocycles. The van der Waals surface area contributed by atoms with Crippen LogP contribution in [0.2, 0.25) is 0 Å². The van der Waals surface area contributed by atoms with Crippen LogP contribution < -0.4 is 9.46 Å². The minimum absolute atomic E-state index is 0. The van der Waals surface area contributed by atoms with Gasteiger partial charge in [0.2, 0.25) is 10.0 Å². The predicted molar refractivity (Wildman–Crippen MR) is 105 cm³/mol. The van der Waals surface area contributed by atoms with Crippen LogP contribution in [0.25, 0.3) is 0 Å². The summed E-state index contributed by atoms with van der Waals surface area (Å²) in [6, 6.07) is 14.0. The lowest BCUT2D eigenvalue weighted by atomic mass is 10.1. The number of benzene rings is 2. The molecular weight excluding hydrogens is 429 g/mol. The van der Waals surface area contributed by atoms with Gasteiger partial charge in [-0.15, -0.1) is 25.6 Å². The third-order valence-electron chi connectivity index (χ3n) is 4.53. The van der Waals surface area contributed by atoms with E-state index in [-0.39, 0.29) is 23.3 Å². The number of ether oxygens (including phenoxy) is 1. The summed E-state index contributed by atoms with van der Waals surface area (Å²) in [5, 5.41) is 0. The summed E-state index contributed by atoms with van der Waals surface area (Å²) in [7, 11) is -3.80. The lowest BCUT2D eigenvalue weighted by molar-refractivity contribution is -0.274. The molecule has 0 amide bonds. The Morgan fingerprint density at radius 3 is 2.14 bits per heavy atom. The summed E-state index contributed by atoms with van der Waals surface area (Å²) in [6.07, 6.45) is -3.48. The van der Waals surface area contributed by atoms with Crippen molar-refractivity contribution >= 4 is 22.4 Å². The molecule has 160 valence electrons. The van der Waals surface area contributed by atoms with Crippen LogP contribution in [0, 0.1) is 0 Å². The Morgan fingerprint density at radius 1 is 1.00 bits per heavy atom. The average Bonchev–Trinajstić information content (AvgIpc) is 2.63. The molecule has 0 aromatic heterocycles. The molecule has 0 saturated carbocycles. The molecule has 0 bridgehead atoms. The molecule has 0 unspecified atom stereocenters. The molecule has 5 nitrogen and oxygen atoms in total. The number of rotatable bonds is 6. The van der Waals surface area contributed by atoms with Crippen LogP contribution in [-0.2, 0) is 16.6 Å². The van der Waals surface area contributed by atoms with E-state index in [9.17, 15) is 21.6 Å². The molecule has 10 heteroatoms. The molecule has 29 heavy (non-hydrogen) atoms. The predicted octanol–water partition coefficient (Wildman–Crippen LogP) is 3.95. The topological polar surface area (TPSA) is 58.6 Å². The van der Waals surface area contributed by atoms with Gasteiger partial charge in [-0.2, -0.15) is 0 Å². The van der Waals surface area contributed by atoms with Gasteiger partial charge >= 0.3 is 6.36 Å². The second-order valence-corrected chi connectivity index (χ2v) is 8.39. The van der Waals surface area contributed by atoms with Gasteiger partial charge in [0.05, 0.1) is 4.90 Å². The molecule has 1 aliphatic heterocycles. The molecule has 0 atom stereocenters. The third-order valence-corrected chi connectivity index (χ3v) is 6.06. The summed E-state index contributed by atoms with van der Waals surface area (Å²) in [5.74, 6) is -0.458. The largest absolute Gasteiger partial charge is 0.573 e. The van der Waals surface area contributed by atoms with Gasteiger partial charge in [-0.3, -0.25) is 4.90 Å². The highest BCUT2D eigenvalue weighted by Crippen LogP contribution is 2.24. The van der Waals surface area contributed by atoms with Crippen molar-refractivity contribution in [3.8, 4) is 5.75 Å². The highest BCUT2D eigenvalue weighted by Gasteiger charge is 2.31. The van der Waals surface area contributed by atoms with Crippen LogP contribution in [0.1, 0.15) is 18.4 Å². The first-order valence-electron chi connectivity index (χ1n) is 8.86. The van der Waals surface area contributed by atoms with Gasteiger partial charge < -0.3 is 4.74 Å². The fraction of sp³-hybridized carbons (Fsp3) is 0.368. The summed E-state index contributed by atoms with van der Waals surface area (Å²) < 4.78 is 68.0. The number of nitrogens with zero attached hydrogens (tertiary/aromatic N) is 1. The van der Waals surface area contributed by atoms with E-state index >= 15 is 0 Å². The zero-order valence-electron chi connectivity index (χ0n) is 15.4. The lowest BCUT2D eigenvalue weighted by Crippen LogP contribution is -2.44. The first kappa shape index (κ1) is 23.5. The van der Waals surface area contributed by atoms with E-state index in [4.69, 9.17) is 0 Å². The van der Waals surface area contributed by atoms with Crippen LogP contribution in [0.4, 0.5) is 13.2 Å². The van der Waals surface area contributed by atoms with Crippen LogP contribution in [-0.4, -0.2) is 38.8 Å². The molecule has 1 aliphatic rings. The smallest absolute Gasteiger partial charge is 0.406 e. The van der Waals surface area contributed by atoms with Gasteiger partial charge in [-0.05, 0) is 42.7 Å². The Morgan fingerprint density at radius 2 is 1.59 bits per heavy atom. The van der Waals surface area contributed by atoms with Crippen molar-refractivity contribution in [1.29, 1.82) is 0 Å². The monoisotopic (exact) mass is 450 g/mol. The molecular formula is C19H22ClF3N2O3S. The van der Waals surface area contributed by atoms with E-state index in [0.717, 1.165) is 43.9 Å². The molecule has 0 aliphatic carbocycles. The summed E-state index contributed by atoms with van der Waals surface area (Å²) in [4.78, 5) is 2.18. The molecule has 0 spiro atoms. The molecule has 1 heterocycles. The number of piperidine rings is 1. The Balaban J connectivity index is 0.00000300. The third kappa shape index (κ3) is 7.18. The maximum atomic E-state index is 12.5.